The van der Waals surface area contributed by atoms with E-state index in [1.807, 2.05) is 6.07 Å². The van der Waals surface area contributed by atoms with Gasteiger partial charge in [0.1, 0.15) is 12.3 Å². The smallest absolute Gasteiger partial charge is 0.406 e. The molecule has 2 aromatic rings. The first-order valence-electron chi connectivity index (χ1n) is 6.59. The molecule has 0 atom stereocenters. The van der Waals surface area contributed by atoms with Crippen molar-refractivity contribution in [3.05, 3.63) is 52.9 Å². The van der Waals surface area contributed by atoms with Crippen LogP contribution in [0.2, 0.25) is 0 Å². The quantitative estimate of drug-likeness (QED) is 0.649. The van der Waals surface area contributed by atoms with Gasteiger partial charge in [0, 0.05) is 9.37 Å². The van der Waals surface area contributed by atoms with Crippen LogP contribution in [0.25, 0.3) is 0 Å². The van der Waals surface area contributed by atoms with Crippen LogP contribution in [0.5, 0.6) is 0 Å². The lowest BCUT2D eigenvalue weighted by Crippen LogP contribution is -2.39. The van der Waals surface area contributed by atoms with Gasteiger partial charge in [0.25, 0.3) is 0 Å². The molecule has 0 unspecified atom stereocenters. The van der Waals surface area contributed by atoms with Crippen molar-refractivity contribution in [3.8, 4) is 0 Å². The van der Waals surface area contributed by atoms with Crippen LogP contribution in [-0.2, 0) is 11.3 Å². The van der Waals surface area contributed by atoms with Crippen molar-refractivity contribution in [3.63, 3.8) is 0 Å². The molecule has 0 radical (unpaired) electrons. The van der Waals surface area contributed by atoms with E-state index < -0.39 is 18.6 Å². The first kappa shape index (κ1) is 17.9. The summed E-state index contributed by atoms with van der Waals surface area (Å²) in [7, 11) is 0. The van der Waals surface area contributed by atoms with Crippen molar-refractivity contribution in [2.45, 2.75) is 17.6 Å². The number of alkyl halides is 3. The van der Waals surface area contributed by atoms with Crippen LogP contribution in [0.1, 0.15) is 5.76 Å². The van der Waals surface area contributed by atoms with E-state index in [9.17, 15) is 18.0 Å². The van der Waals surface area contributed by atoms with Crippen LogP contribution in [0.15, 0.2) is 56.4 Å². The minimum absolute atomic E-state index is 0.0761. The van der Waals surface area contributed by atoms with Gasteiger partial charge in [0.05, 0.1) is 18.6 Å². The summed E-state index contributed by atoms with van der Waals surface area (Å²) in [6, 6.07) is 10.3. The molecular formula is C15H13BrF3NO2S. The van der Waals surface area contributed by atoms with Gasteiger partial charge in [0.15, 0.2) is 0 Å². The van der Waals surface area contributed by atoms with Crippen molar-refractivity contribution >= 4 is 33.6 Å². The number of rotatable bonds is 6. The monoisotopic (exact) mass is 407 g/mol. The Morgan fingerprint density at radius 3 is 2.65 bits per heavy atom. The minimum Gasteiger partial charge on any atom is -0.467 e. The van der Waals surface area contributed by atoms with E-state index in [1.54, 1.807) is 24.3 Å². The molecule has 0 bridgehead atoms. The molecule has 0 aliphatic rings. The highest BCUT2D eigenvalue weighted by atomic mass is 79.9. The van der Waals surface area contributed by atoms with E-state index in [0.717, 1.165) is 14.3 Å². The number of carbonyl (C=O) groups excluding carboxylic acids is 1. The molecular weight excluding hydrogens is 395 g/mol. The van der Waals surface area contributed by atoms with Gasteiger partial charge < -0.3 is 9.32 Å². The molecule has 1 amide bonds. The van der Waals surface area contributed by atoms with Crippen LogP contribution >= 0.6 is 27.7 Å². The fourth-order valence-electron chi connectivity index (χ4n) is 1.83. The Morgan fingerprint density at radius 2 is 2.04 bits per heavy atom. The zero-order chi connectivity index (χ0) is 16.9. The molecule has 0 fully saturated rings. The molecule has 0 aliphatic carbocycles. The maximum absolute atomic E-state index is 12.7. The second-order valence-electron chi connectivity index (χ2n) is 4.69. The fraction of sp³-hybridized carbons (Fsp3) is 0.267. The lowest BCUT2D eigenvalue weighted by molar-refractivity contribution is -0.161. The molecule has 2 rings (SSSR count). The largest absolute Gasteiger partial charge is 0.467 e. The van der Waals surface area contributed by atoms with E-state index >= 15 is 0 Å². The highest BCUT2D eigenvalue weighted by Gasteiger charge is 2.33. The molecule has 124 valence electrons. The van der Waals surface area contributed by atoms with Gasteiger partial charge in [-0.3, -0.25) is 4.79 Å². The summed E-state index contributed by atoms with van der Waals surface area (Å²) < 4.78 is 43.9. The van der Waals surface area contributed by atoms with Crippen LogP contribution in [0.4, 0.5) is 13.2 Å². The van der Waals surface area contributed by atoms with Crippen molar-refractivity contribution < 1.29 is 22.4 Å². The Bertz CT molecular complexity index is 646. The Morgan fingerprint density at radius 1 is 1.26 bits per heavy atom. The number of hydrogen-bond acceptors (Lipinski definition) is 3. The number of hydrogen-bond donors (Lipinski definition) is 0. The summed E-state index contributed by atoms with van der Waals surface area (Å²) >= 11 is 4.50. The van der Waals surface area contributed by atoms with Crippen molar-refractivity contribution in [1.82, 2.24) is 4.90 Å². The Labute approximate surface area is 144 Å². The summed E-state index contributed by atoms with van der Waals surface area (Å²) in [5.74, 6) is -0.355. The molecule has 0 saturated heterocycles. The summed E-state index contributed by atoms with van der Waals surface area (Å²) in [5, 5.41) is 0. The molecule has 0 aliphatic heterocycles. The lowest BCUT2D eigenvalue weighted by atomic mass is 10.3. The number of carbonyl (C=O) groups is 1. The first-order chi connectivity index (χ1) is 10.8. The summed E-state index contributed by atoms with van der Waals surface area (Å²) in [5.41, 5.74) is 0. The highest BCUT2D eigenvalue weighted by molar-refractivity contribution is 9.10. The molecule has 1 aromatic heterocycles. The summed E-state index contributed by atoms with van der Waals surface area (Å²) in [4.78, 5) is 13.7. The van der Waals surface area contributed by atoms with Crippen molar-refractivity contribution in [2.24, 2.45) is 0 Å². The maximum Gasteiger partial charge on any atom is 0.406 e. The predicted molar refractivity (Wildman–Crippen MR) is 85.0 cm³/mol. The third-order valence-corrected chi connectivity index (χ3v) is 4.28. The number of benzene rings is 1. The van der Waals surface area contributed by atoms with Crippen molar-refractivity contribution in [2.75, 3.05) is 12.3 Å². The normalized spacial score (nSPS) is 11.5. The van der Waals surface area contributed by atoms with E-state index in [-0.39, 0.29) is 12.3 Å². The molecule has 0 N–H and O–H groups in total. The molecule has 23 heavy (non-hydrogen) atoms. The van der Waals surface area contributed by atoms with E-state index in [0.29, 0.717) is 5.76 Å². The lowest BCUT2D eigenvalue weighted by Gasteiger charge is -2.23. The van der Waals surface area contributed by atoms with Crippen LogP contribution in [0, 0.1) is 0 Å². The first-order valence-corrected chi connectivity index (χ1v) is 8.36. The standard InChI is InChI=1S/C15H13BrF3NO2S/c16-11-3-1-5-13(7-11)23-9-14(21)20(10-15(17,18)19)8-12-4-2-6-22-12/h1-7H,8-10H2. The Balaban J connectivity index is 2.00. The van der Waals surface area contributed by atoms with E-state index in [2.05, 4.69) is 15.9 Å². The van der Waals surface area contributed by atoms with Gasteiger partial charge >= 0.3 is 6.18 Å². The topological polar surface area (TPSA) is 33.5 Å². The molecule has 1 heterocycles. The Hall–Kier alpha value is -1.41. The molecule has 0 saturated carbocycles. The second-order valence-corrected chi connectivity index (χ2v) is 6.65. The third-order valence-electron chi connectivity index (χ3n) is 2.81. The summed E-state index contributed by atoms with van der Waals surface area (Å²) in [6.07, 6.45) is -3.09. The average molecular weight is 408 g/mol. The number of halogens is 4. The number of amides is 1. The van der Waals surface area contributed by atoms with Gasteiger partial charge in [-0.05, 0) is 30.3 Å². The number of nitrogens with zero attached hydrogens (tertiary/aromatic N) is 1. The molecule has 8 heteroatoms. The van der Waals surface area contributed by atoms with E-state index in [1.165, 1.54) is 24.1 Å². The van der Waals surface area contributed by atoms with Crippen LogP contribution < -0.4 is 0 Å². The Kier molecular flexibility index (Phi) is 6.17. The second kappa shape index (κ2) is 7.92. The molecule has 1 aromatic carbocycles. The summed E-state index contributed by atoms with van der Waals surface area (Å²) in [6.45, 7) is -1.50. The van der Waals surface area contributed by atoms with E-state index in [4.69, 9.17) is 4.42 Å². The van der Waals surface area contributed by atoms with Gasteiger partial charge in [-0.25, -0.2) is 0 Å². The number of furan rings is 1. The zero-order valence-electron chi connectivity index (χ0n) is 11.8. The van der Waals surface area contributed by atoms with Gasteiger partial charge in [-0.15, -0.1) is 11.8 Å². The van der Waals surface area contributed by atoms with Gasteiger partial charge in [-0.2, -0.15) is 13.2 Å². The highest BCUT2D eigenvalue weighted by Crippen LogP contribution is 2.24. The SMILES string of the molecule is O=C(CSc1cccc(Br)c1)N(Cc1ccco1)CC(F)(F)F. The molecule has 3 nitrogen and oxygen atoms in total. The molecule has 0 spiro atoms. The zero-order valence-corrected chi connectivity index (χ0v) is 14.2. The van der Waals surface area contributed by atoms with Gasteiger partial charge in [-0.1, -0.05) is 22.0 Å². The van der Waals surface area contributed by atoms with Gasteiger partial charge in [0.2, 0.25) is 5.91 Å². The average Bonchev–Trinajstić information content (AvgIpc) is 2.96. The fourth-order valence-corrected chi connectivity index (χ4v) is 3.24. The van der Waals surface area contributed by atoms with Crippen LogP contribution in [0.3, 0.4) is 0 Å². The number of thioether (sulfide) groups is 1. The van der Waals surface area contributed by atoms with Crippen LogP contribution in [-0.4, -0.2) is 29.3 Å². The van der Waals surface area contributed by atoms with Crippen molar-refractivity contribution in [1.29, 1.82) is 0 Å². The minimum atomic E-state index is -4.46. The maximum atomic E-state index is 12.7. The third kappa shape index (κ3) is 6.31. The predicted octanol–water partition coefficient (Wildman–Crippen LogP) is 4.73.